The minimum atomic E-state index is 0.251. The smallest absolute Gasteiger partial charge is 0.0948 e. The minimum Gasteiger partial charge on any atom is -0.333 e. The molecule has 0 aliphatic heterocycles. The van der Waals surface area contributed by atoms with Gasteiger partial charge < -0.3 is 15.2 Å². The third-order valence-corrected chi connectivity index (χ3v) is 3.65. The third kappa shape index (κ3) is 5.77. The summed E-state index contributed by atoms with van der Waals surface area (Å²) in [7, 11) is 4.23. The summed E-state index contributed by atoms with van der Waals surface area (Å²) in [5.74, 6) is 0.628. The molecule has 0 spiro atoms. The average molecular weight is 295 g/mol. The maximum atomic E-state index is 6.12. The maximum absolute atomic E-state index is 6.12. The lowest BCUT2D eigenvalue weighted by Gasteiger charge is -2.33. The number of imidazole rings is 1. The summed E-state index contributed by atoms with van der Waals surface area (Å²) >= 11 is 0. The van der Waals surface area contributed by atoms with Gasteiger partial charge in [0.15, 0.2) is 0 Å². The van der Waals surface area contributed by atoms with Crippen molar-refractivity contribution in [3.8, 4) is 0 Å². The molecule has 0 bridgehead atoms. The number of rotatable bonds is 10. The van der Waals surface area contributed by atoms with Gasteiger partial charge in [-0.05, 0) is 26.4 Å². The zero-order valence-electron chi connectivity index (χ0n) is 14.4. The molecule has 1 atom stereocenters. The van der Waals surface area contributed by atoms with Crippen LogP contribution in [0.15, 0.2) is 12.5 Å². The molecule has 2 N–H and O–H groups in total. The van der Waals surface area contributed by atoms with Gasteiger partial charge in [0, 0.05) is 38.9 Å². The zero-order valence-corrected chi connectivity index (χ0v) is 14.4. The van der Waals surface area contributed by atoms with Gasteiger partial charge in [-0.1, -0.05) is 20.8 Å². The van der Waals surface area contributed by atoms with Crippen molar-refractivity contribution in [3.63, 3.8) is 0 Å². The van der Waals surface area contributed by atoms with E-state index < -0.39 is 0 Å². The summed E-state index contributed by atoms with van der Waals surface area (Å²) in [6.07, 6.45) is 5.03. The largest absolute Gasteiger partial charge is 0.333 e. The van der Waals surface area contributed by atoms with Crippen LogP contribution in [0.3, 0.4) is 0 Å². The first-order chi connectivity index (χ1) is 9.99. The molecule has 0 aliphatic carbocycles. The van der Waals surface area contributed by atoms with Crippen molar-refractivity contribution in [3.05, 3.63) is 18.2 Å². The van der Waals surface area contributed by atoms with E-state index in [4.69, 9.17) is 5.73 Å². The van der Waals surface area contributed by atoms with Crippen molar-refractivity contribution >= 4 is 0 Å². The lowest BCUT2D eigenvalue weighted by molar-refractivity contribution is 0.158. The molecule has 0 radical (unpaired) electrons. The highest BCUT2D eigenvalue weighted by Gasteiger charge is 2.22. The number of nitrogens with two attached hydrogens (primary N) is 1. The van der Waals surface area contributed by atoms with Crippen LogP contribution in [0.5, 0.6) is 0 Å². The van der Waals surface area contributed by atoms with Crippen LogP contribution < -0.4 is 5.73 Å². The molecule has 1 aromatic heterocycles. The van der Waals surface area contributed by atoms with Crippen LogP contribution in [0.4, 0.5) is 0 Å². The molecule has 122 valence electrons. The Bertz CT molecular complexity index is 386. The summed E-state index contributed by atoms with van der Waals surface area (Å²) in [5, 5.41) is 0. The Morgan fingerprint density at radius 1 is 1.29 bits per heavy atom. The van der Waals surface area contributed by atoms with Crippen molar-refractivity contribution in [1.82, 2.24) is 19.4 Å². The van der Waals surface area contributed by atoms with E-state index >= 15 is 0 Å². The fourth-order valence-corrected chi connectivity index (χ4v) is 2.66. The van der Waals surface area contributed by atoms with Crippen LogP contribution in [0.2, 0.25) is 0 Å². The molecule has 1 unspecified atom stereocenters. The molecular weight excluding hydrogens is 262 g/mol. The van der Waals surface area contributed by atoms with E-state index in [0.717, 1.165) is 32.6 Å². The van der Waals surface area contributed by atoms with Crippen LogP contribution in [0.25, 0.3) is 0 Å². The average Bonchev–Trinajstić information content (AvgIpc) is 2.85. The number of aryl methyl sites for hydroxylation is 1. The molecule has 1 rings (SSSR count). The van der Waals surface area contributed by atoms with Gasteiger partial charge in [0.2, 0.25) is 0 Å². The van der Waals surface area contributed by atoms with E-state index in [1.165, 1.54) is 5.69 Å². The molecular formula is C16H33N5. The Morgan fingerprint density at radius 3 is 2.52 bits per heavy atom. The molecule has 0 aromatic carbocycles. The van der Waals surface area contributed by atoms with Crippen molar-refractivity contribution < 1.29 is 0 Å². The topological polar surface area (TPSA) is 50.3 Å². The Kier molecular flexibility index (Phi) is 7.93. The van der Waals surface area contributed by atoms with Crippen molar-refractivity contribution in [1.29, 1.82) is 0 Å². The maximum Gasteiger partial charge on any atom is 0.0948 e. The zero-order chi connectivity index (χ0) is 15.8. The highest BCUT2D eigenvalue weighted by molar-refractivity contribution is 5.07. The molecule has 5 heteroatoms. The van der Waals surface area contributed by atoms with E-state index in [1.54, 1.807) is 0 Å². The standard InChI is InChI=1S/C16H33N5/c1-6-7-21-13-18-11-16(21)15(10-17)20(12-14(2)3)9-8-19(4)5/h11,13-15H,6-10,12,17H2,1-5H3. The van der Waals surface area contributed by atoms with E-state index in [-0.39, 0.29) is 6.04 Å². The number of aromatic nitrogens is 2. The van der Waals surface area contributed by atoms with Crippen LogP contribution in [-0.2, 0) is 6.54 Å². The monoisotopic (exact) mass is 295 g/mol. The fraction of sp³-hybridized carbons (Fsp3) is 0.812. The molecule has 0 saturated heterocycles. The summed E-state index contributed by atoms with van der Waals surface area (Å²) < 4.78 is 2.25. The minimum absolute atomic E-state index is 0.251. The predicted molar refractivity (Wildman–Crippen MR) is 89.3 cm³/mol. The molecule has 5 nitrogen and oxygen atoms in total. The normalized spacial score (nSPS) is 13.6. The second-order valence-electron chi connectivity index (χ2n) is 6.46. The molecule has 21 heavy (non-hydrogen) atoms. The lowest BCUT2D eigenvalue weighted by atomic mass is 10.1. The second-order valence-corrected chi connectivity index (χ2v) is 6.46. The molecule has 0 saturated carbocycles. The number of hydrogen-bond acceptors (Lipinski definition) is 4. The van der Waals surface area contributed by atoms with Gasteiger partial charge in [-0.15, -0.1) is 0 Å². The van der Waals surface area contributed by atoms with Crippen LogP contribution >= 0.6 is 0 Å². The van der Waals surface area contributed by atoms with Gasteiger partial charge in [0.25, 0.3) is 0 Å². The molecule has 0 amide bonds. The van der Waals surface area contributed by atoms with Crippen LogP contribution in [-0.4, -0.2) is 59.6 Å². The van der Waals surface area contributed by atoms with Gasteiger partial charge >= 0.3 is 0 Å². The highest BCUT2D eigenvalue weighted by atomic mass is 15.2. The SMILES string of the molecule is CCCn1cncc1C(CN)N(CCN(C)C)CC(C)C. The molecule has 1 heterocycles. The van der Waals surface area contributed by atoms with Gasteiger partial charge in [-0.3, -0.25) is 4.90 Å². The quantitative estimate of drug-likeness (QED) is 0.715. The van der Waals surface area contributed by atoms with Gasteiger partial charge in [-0.25, -0.2) is 4.98 Å². The van der Waals surface area contributed by atoms with Crippen LogP contribution in [0.1, 0.15) is 38.9 Å². The van der Waals surface area contributed by atoms with Crippen molar-refractivity contribution in [2.45, 2.75) is 39.8 Å². The van der Waals surface area contributed by atoms with Gasteiger partial charge in [0.05, 0.1) is 18.1 Å². The molecule has 0 aliphatic rings. The molecule has 1 aromatic rings. The van der Waals surface area contributed by atoms with Crippen molar-refractivity contribution in [2.24, 2.45) is 11.7 Å². The first-order valence-corrected chi connectivity index (χ1v) is 8.08. The predicted octanol–water partition coefficient (Wildman–Crippen LogP) is 1.81. The Morgan fingerprint density at radius 2 is 2.00 bits per heavy atom. The van der Waals surface area contributed by atoms with E-state index in [2.05, 4.69) is 54.2 Å². The number of likely N-dealkylation sites (N-methyl/N-ethyl adjacent to an activating group) is 1. The fourth-order valence-electron chi connectivity index (χ4n) is 2.66. The van der Waals surface area contributed by atoms with Gasteiger partial charge in [-0.2, -0.15) is 0 Å². The first-order valence-electron chi connectivity index (χ1n) is 8.08. The third-order valence-electron chi connectivity index (χ3n) is 3.65. The summed E-state index contributed by atoms with van der Waals surface area (Å²) in [5.41, 5.74) is 7.36. The van der Waals surface area contributed by atoms with E-state index in [0.29, 0.717) is 12.5 Å². The van der Waals surface area contributed by atoms with E-state index in [9.17, 15) is 0 Å². The lowest BCUT2D eigenvalue weighted by Crippen LogP contribution is -2.41. The van der Waals surface area contributed by atoms with E-state index in [1.807, 2.05) is 12.5 Å². The Labute approximate surface area is 130 Å². The Balaban J connectivity index is 2.90. The van der Waals surface area contributed by atoms with Crippen LogP contribution in [0, 0.1) is 5.92 Å². The summed E-state index contributed by atoms with van der Waals surface area (Å²) in [6.45, 7) is 11.5. The summed E-state index contributed by atoms with van der Waals surface area (Å²) in [4.78, 5) is 9.07. The van der Waals surface area contributed by atoms with Gasteiger partial charge in [0.1, 0.15) is 0 Å². The Hall–Kier alpha value is -0.910. The molecule has 0 fully saturated rings. The number of nitrogens with zero attached hydrogens (tertiary/aromatic N) is 4. The second kappa shape index (κ2) is 9.18. The summed E-state index contributed by atoms with van der Waals surface area (Å²) in [6, 6.07) is 0.251. The number of hydrogen-bond donors (Lipinski definition) is 1. The highest BCUT2D eigenvalue weighted by Crippen LogP contribution is 2.21. The van der Waals surface area contributed by atoms with Crippen molar-refractivity contribution in [2.75, 3.05) is 40.3 Å². The first kappa shape index (κ1) is 18.1.